The summed E-state index contributed by atoms with van der Waals surface area (Å²) in [5.41, 5.74) is 0. The van der Waals surface area contributed by atoms with Crippen LogP contribution in [0.1, 0.15) is 0 Å². The van der Waals surface area contributed by atoms with Crippen LogP contribution in [0.2, 0.25) is 0 Å². The van der Waals surface area contributed by atoms with E-state index in [2.05, 4.69) is 45.2 Å². The molecule has 0 fully saturated rings. The SMILES string of the molecule is [O]CC(I)=C(I)I. The third kappa shape index (κ3) is 4.40. The maximum Gasteiger partial charge on any atom is 0.114 e. The minimum atomic E-state index is -0.0816. The minimum absolute atomic E-state index is 0.0816. The lowest BCUT2D eigenvalue weighted by atomic mass is 10.7. The average molecular weight is 435 g/mol. The van der Waals surface area contributed by atoms with E-state index in [1.54, 1.807) is 0 Å². The van der Waals surface area contributed by atoms with Crippen molar-refractivity contribution < 1.29 is 5.11 Å². The second kappa shape index (κ2) is 4.74. The van der Waals surface area contributed by atoms with Crippen molar-refractivity contribution in [2.45, 2.75) is 0 Å². The highest BCUT2D eigenvalue weighted by Crippen LogP contribution is 2.24. The molecule has 1 nitrogen and oxygen atoms in total. The maximum atomic E-state index is 10.00. The average Bonchev–Trinajstić information content (AvgIpc) is 1.65. The molecule has 0 aliphatic carbocycles. The predicted molar refractivity (Wildman–Crippen MR) is 54.6 cm³/mol. The molecular formula is C3H2I3O. The second-order valence-electron chi connectivity index (χ2n) is 0.810. The Balaban J connectivity index is 3.72. The van der Waals surface area contributed by atoms with E-state index in [0.29, 0.717) is 0 Å². The standard InChI is InChI=1S/C3H2I3O/c4-2(1-7)3(5)6/h1H2. The molecule has 41 valence electrons. The van der Waals surface area contributed by atoms with Crippen LogP contribution >= 0.6 is 67.8 Å². The Morgan fingerprint density at radius 1 is 1.29 bits per heavy atom. The summed E-state index contributed by atoms with van der Waals surface area (Å²) in [6, 6.07) is 0. The predicted octanol–water partition coefficient (Wildman–Crippen LogP) is 2.89. The first-order valence-electron chi connectivity index (χ1n) is 1.46. The van der Waals surface area contributed by atoms with Crippen LogP contribution in [0.5, 0.6) is 0 Å². The van der Waals surface area contributed by atoms with Crippen LogP contribution in [-0.4, -0.2) is 6.61 Å². The molecule has 0 saturated heterocycles. The third-order valence-corrected chi connectivity index (χ3v) is 4.55. The molecule has 0 heterocycles. The van der Waals surface area contributed by atoms with E-state index in [0.717, 1.165) is 5.17 Å². The van der Waals surface area contributed by atoms with Gasteiger partial charge in [0.1, 0.15) is 6.61 Å². The van der Waals surface area contributed by atoms with Crippen molar-refractivity contribution in [1.29, 1.82) is 0 Å². The fourth-order valence-electron chi connectivity index (χ4n) is 0.0546. The Labute approximate surface area is 83.4 Å². The topological polar surface area (TPSA) is 19.9 Å². The molecule has 4 heteroatoms. The highest BCUT2D eigenvalue weighted by molar-refractivity contribution is 14.2. The summed E-state index contributed by atoms with van der Waals surface area (Å²) in [5.74, 6) is 0. The first-order chi connectivity index (χ1) is 3.18. The van der Waals surface area contributed by atoms with E-state index >= 15 is 0 Å². The molecule has 1 radical (unpaired) electrons. The van der Waals surface area contributed by atoms with Crippen LogP contribution in [0, 0.1) is 0 Å². The van der Waals surface area contributed by atoms with Gasteiger partial charge in [-0.05, 0) is 67.8 Å². The van der Waals surface area contributed by atoms with Gasteiger partial charge in [0, 0.05) is 3.58 Å². The molecule has 0 aromatic carbocycles. The van der Waals surface area contributed by atoms with Crippen LogP contribution < -0.4 is 0 Å². The first kappa shape index (κ1) is 8.89. The lowest BCUT2D eigenvalue weighted by Gasteiger charge is -1.86. The van der Waals surface area contributed by atoms with Crippen molar-refractivity contribution >= 4 is 67.8 Å². The lowest BCUT2D eigenvalue weighted by molar-refractivity contribution is 0.231. The minimum Gasteiger partial charge on any atom is -0.231 e. The van der Waals surface area contributed by atoms with Gasteiger partial charge in [0.05, 0.1) is 1.59 Å². The summed E-state index contributed by atoms with van der Waals surface area (Å²) in [4.78, 5) is 0. The third-order valence-electron chi connectivity index (χ3n) is 0.332. The van der Waals surface area contributed by atoms with Gasteiger partial charge in [-0.25, -0.2) is 5.11 Å². The smallest absolute Gasteiger partial charge is 0.114 e. The molecule has 0 bridgehead atoms. The maximum absolute atomic E-state index is 10.00. The Morgan fingerprint density at radius 2 is 1.71 bits per heavy atom. The Hall–Kier alpha value is 1.89. The van der Waals surface area contributed by atoms with Gasteiger partial charge >= 0.3 is 0 Å². The fourth-order valence-corrected chi connectivity index (χ4v) is 0.366. The van der Waals surface area contributed by atoms with E-state index in [4.69, 9.17) is 0 Å². The van der Waals surface area contributed by atoms with Crippen molar-refractivity contribution in [3.63, 3.8) is 0 Å². The summed E-state index contributed by atoms with van der Waals surface area (Å²) >= 11 is 6.30. The molecule has 0 unspecified atom stereocenters. The fraction of sp³-hybridized carbons (Fsp3) is 0.333. The molecule has 0 N–H and O–H groups in total. The zero-order valence-corrected chi connectivity index (χ0v) is 9.72. The van der Waals surface area contributed by atoms with Gasteiger partial charge < -0.3 is 0 Å². The molecule has 0 aliphatic rings. The van der Waals surface area contributed by atoms with E-state index in [1.807, 2.05) is 22.6 Å². The highest BCUT2D eigenvalue weighted by Gasteiger charge is 1.91. The Bertz CT molecular complexity index is 84.2. The number of hydrogen-bond acceptors (Lipinski definition) is 0. The normalized spacial score (nSPS) is 8.57. The van der Waals surface area contributed by atoms with Crippen molar-refractivity contribution in [2.24, 2.45) is 0 Å². The van der Waals surface area contributed by atoms with Crippen LogP contribution in [0.4, 0.5) is 0 Å². The zero-order chi connectivity index (χ0) is 5.86. The van der Waals surface area contributed by atoms with Crippen LogP contribution in [0.25, 0.3) is 0 Å². The summed E-state index contributed by atoms with van der Waals surface area (Å²) < 4.78 is 1.98. The second-order valence-corrected chi connectivity index (χ2v) is 6.33. The number of hydrogen-bond donors (Lipinski definition) is 0. The number of rotatable bonds is 1. The molecule has 0 saturated carbocycles. The van der Waals surface area contributed by atoms with Gasteiger partial charge in [-0.1, -0.05) is 0 Å². The summed E-state index contributed by atoms with van der Waals surface area (Å²) in [6.07, 6.45) is 0. The van der Waals surface area contributed by atoms with Crippen LogP contribution in [0.3, 0.4) is 0 Å². The van der Waals surface area contributed by atoms with Crippen molar-refractivity contribution in [3.8, 4) is 0 Å². The van der Waals surface area contributed by atoms with Gasteiger partial charge in [0.25, 0.3) is 0 Å². The molecule has 0 aromatic rings. The molecule has 0 amide bonds. The van der Waals surface area contributed by atoms with Crippen molar-refractivity contribution in [3.05, 3.63) is 5.17 Å². The van der Waals surface area contributed by atoms with Gasteiger partial charge in [0.2, 0.25) is 0 Å². The molecule has 0 spiro atoms. The quantitative estimate of drug-likeness (QED) is 0.566. The number of halogens is 3. The first-order valence-corrected chi connectivity index (χ1v) is 4.70. The molecule has 0 atom stereocenters. The molecule has 7 heavy (non-hydrogen) atoms. The largest absolute Gasteiger partial charge is 0.231 e. The van der Waals surface area contributed by atoms with E-state index in [1.165, 1.54) is 0 Å². The molecule has 0 rings (SSSR count). The van der Waals surface area contributed by atoms with E-state index in [-0.39, 0.29) is 6.61 Å². The summed E-state index contributed by atoms with van der Waals surface area (Å²) in [7, 11) is 0. The zero-order valence-electron chi connectivity index (χ0n) is 3.25. The van der Waals surface area contributed by atoms with Gasteiger partial charge in [-0.3, -0.25) is 0 Å². The van der Waals surface area contributed by atoms with Crippen LogP contribution in [-0.2, 0) is 5.11 Å². The lowest BCUT2D eigenvalue weighted by Crippen LogP contribution is -1.74. The van der Waals surface area contributed by atoms with E-state index < -0.39 is 0 Å². The monoisotopic (exact) mass is 435 g/mol. The molecule has 0 aromatic heterocycles. The Kier molecular flexibility index (Phi) is 6.02. The van der Waals surface area contributed by atoms with Crippen molar-refractivity contribution in [1.82, 2.24) is 0 Å². The Morgan fingerprint density at radius 3 is 1.71 bits per heavy atom. The van der Waals surface area contributed by atoms with Crippen LogP contribution in [0.15, 0.2) is 5.17 Å². The van der Waals surface area contributed by atoms with Crippen molar-refractivity contribution in [2.75, 3.05) is 6.61 Å². The summed E-state index contributed by atoms with van der Waals surface area (Å²) in [5, 5.41) is 10.00. The van der Waals surface area contributed by atoms with Gasteiger partial charge in [0.15, 0.2) is 0 Å². The molecule has 0 aliphatic heterocycles. The molecular weight excluding hydrogens is 433 g/mol. The highest BCUT2D eigenvalue weighted by atomic mass is 127. The van der Waals surface area contributed by atoms with E-state index in [9.17, 15) is 5.11 Å². The summed E-state index contributed by atoms with van der Waals surface area (Å²) in [6.45, 7) is -0.0816. The van der Waals surface area contributed by atoms with Gasteiger partial charge in [-0.2, -0.15) is 0 Å². The van der Waals surface area contributed by atoms with Gasteiger partial charge in [-0.15, -0.1) is 0 Å².